The fraction of sp³-hybridized carbons (Fsp3) is 0.172. The van der Waals surface area contributed by atoms with Crippen molar-refractivity contribution in [2.24, 2.45) is 0 Å². The molecule has 1 aromatic heterocycles. The number of furan rings is 1. The maximum atomic E-state index is 13.2. The van der Waals surface area contributed by atoms with Crippen molar-refractivity contribution in [1.82, 2.24) is 4.90 Å². The third kappa shape index (κ3) is 5.17. The summed E-state index contributed by atoms with van der Waals surface area (Å²) in [4.78, 5) is 27.4. The van der Waals surface area contributed by atoms with Gasteiger partial charge in [0.05, 0.1) is 14.2 Å². The smallest absolute Gasteiger partial charge is 0.289 e. The molecule has 0 spiro atoms. The first kappa shape index (κ1) is 24.5. The summed E-state index contributed by atoms with van der Waals surface area (Å²) in [6.45, 7) is 1.05. The number of amides is 2. The predicted octanol–water partition coefficient (Wildman–Crippen LogP) is 6.07. The summed E-state index contributed by atoms with van der Waals surface area (Å²) in [5.41, 5.74) is 4.13. The van der Waals surface area contributed by atoms with E-state index in [9.17, 15) is 9.59 Å². The molecule has 188 valence electrons. The quantitative estimate of drug-likeness (QED) is 0.336. The highest BCUT2D eigenvalue weighted by atomic mass is 35.5. The molecule has 7 nitrogen and oxygen atoms in total. The van der Waals surface area contributed by atoms with Gasteiger partial charge in [-0.2, -0.15) is 0 Å². The largest absolute Gasteiger partial charge is 0.493 e. The van der Waals surface area contributed by atoms with Crippen LogP contribution in [0, 0.1) is 0 Å². The molecule has 2 amide bonds. The number of nitrogens with one attached hydrogen (secondary N) is 1. The van der Waals surface area contributed by atoms with Crippen molar-refractivity contribution in [3.63, 3.8) is 0 Å². The van der Waals surface area contributed by atoms with Gasteiger partial charge in [-0.3, -0.25) is 9.59 Å². The van der Waals surface area contributed by atoms with Crippen LogP contribution in [-0.4, -0.2) is 37.5 Å². The highest BCUT2D eigenvalue weighted by Gasteiger charge is 2.25. The number of rotatable bonds is 6. The Bertz CT molecular complexity index is 1440. The van der Waals surface area contributed by atoms with Crippen molar-refractivity contribution in [2.45, 2.75) is 13.0 Å². The van der Waals surface area contributed by atoms with E-state index in [1.54, 1.807) is 67.7 Å². The highest BCUT2D eigenvalue weighted by molar-refractivity contribution is 6.30. The molecular weight excluding hydrogens is 492 g/mol. The van der Waals surface area contributed by atoms with Crippen LogP contribution in [0.4, 0.5) is 5.69 Å². The van der Waals surface area contributed by atoms with Gasteiger partial charge >= 0.3 is 0 Å². The molecule has 1 N–H and O–H groups in total. The van der Waals surface area contributed by atoms with E-state index in [1.807, 2.05) is 24.3 Å². The molecule has 4 aromatic rings. The minimum absolute atomic E-state index is 0.168. The molecule has 8 heteroatoms. The second-order valence-corrected chi connectivity index (χ2v) is 9.09. The number of halogens is 1. The Morgan fingerprint density at radius 1 is 0.892 bits per heavy atom. The van der Waals surface area contributed by atoms with Gasteiger partial charge in [0.2, 0.25) is 0 Å². The molecule has 0 saturated carbocycles. The van der Waals surface area contributed by atoms with Gasteiger partial charge in [-0.25, -0.2) is 0 Å². The van der Waals surface area contributed by atoms with Crippen LogP contribution in [0.1, 0.15) is 32.0 Å². The van der Waals surface area contributed by atoms with Crippen LogP contribution < -0.4 is 14.8 Å². The number of hydrogen-bond acceptors (Lipinski definition) is 5. The number of methoxy groups -OCH3 is 2. The Labute approximate surface area is 219 Å². The maximum absolute atomic E-state index is 13.2. The molecule has 0 radical (unpaired) electrons. The first-order valence-corrected chi connectivity index (χ1v) is 12.1. The van der Waals surface area contributed by atoms with E-state index in [0.29, 0.717) is 46.6 Å². The molecule has 2 heterocycles. The molecule has 0 fully saturated rings. The van der Waals surface area contributed by atoms with Crippen LogP contribution in [-0.2, 0) is 13.0 Å². The lowest BCUT2D eigenvalue weighted by molar-refractivity contribution is 0.0703. The van der Waals surface area contributed by atoms with E-state index in [2.05, 4.69) is 5.32 Å². The van der Waals surface area contributed by atoms with Crippen LogP contribution in [0.5, 0.6) is 11.5 Å². The molecule has 0 unspecified atom stereocenters. The van der Waals surface area contributed by atoms with Gasteiger partial charge in [-0.1, -0.05) is 11.6 Å². The third-order valence-corrected chi connectivity index (χ3v) is 6.61. The van der Waals surface area contributed by atoms with E-state index in [4.69, 9.17) is 25.5 Å². The van der Waals surface area contributed by atoms with Crippen molar-refractivity contribution < 1.29 is 23.5 Å². The lowest BCUT2D eigenvalue weighted by Gasteiger charge is -2.29. The van der Waals surface area contributed by atoms with Crippen molar-refractivity contribution in [3.05, 3.63) is 100 Å². The molecule has 5 rings (SSSR count). The maximum Gasteiger partial charge on any atom is 0.289 e. The number of fused-ring (bicyclic) bond motifs is 1. The number of ether oxygens (including phenoxy) is 2. The Morgan fingerprint density at radius 2 is 1.57 bits per heavy atom. The summed E-state index contributed by atoms with van der Waals surface area (Å²) in [6, 6.07) is 21.3. The van der Waals surface area contributed by atoms with Crippen molar-refractivity contribution in [2.75, 3.05) is 26.1 Å². The second-order valence-electron chi connectivity index (χ2n) is 8.65. The van der Waals surface area contributed by atoms with Crippen molar-refractivity contribution >= 4 is 29.1 Å². The monoisotopic (exact) mass is 516 g/mol. The van der Waals surface area contributed by atoms with Crippen LogP contribution >= 0.6 is 11.6 Å². The Morgan fingerprint density at radius 3 is 2.24 bits per heavy atom. The van der Waals surface area contributed by atoms with Crippen LogP contribution in [0.25, 0.3) is 11.3 Å². The minimum Gasteiger partial charge on any atom is -0.493 e. The lowest BCUT2D eigenvalue weighted by Crippen LogP contribution is -2.35. The highest BCUT2D eigenvalue weighted by Crippen LogP contribution is 2.34. The molecule has 1 aliphatic rings. The predicted molar refractivity (Wildman–Crippen MR) is 142 cm³/mol. The summed E-state index contributed by atoms with van der Waals surface area (Å²) in [5.74, 6) is 1.78. The van der Waals surface area contributed by atoms with E-state index < -0.39 is 0 Å². The zero-order chi connectivity index (χ0) is 25.9. The summed E-state index contributed by atoms with van der Waals surface area (Å²) in [7, 11) is 3.21. The number of carbonyl (C=O) groups is 2. The van der Waals surface area contributed by atoms with E-state index in [1.165, 1.54) is 0 Å². The molecule has 0 atom stereocenters. The molecular formula is C29H25ClN2O5. The van der Waals surface area contributed by atoms with Gasteiger partial charge < -0.3 is 24.1 Å². The number of anilines is 1. The minimum atomic E-state index is -0.227. The molecule has 37 heavy (non-hydrogen) atoms. The van der Waals surface area contributed by atoms with Crippen LogP contribution in [0.2, 0.25) is 5.02 Å². The van der Waals surface area contributed by atoms with Gasteiger partial charge in [0.15, 0.2) is 17.3 Å². The van der Waals surface area contributed by atoms with E-state index in [0.717, 1.165) is 23.1 Å². The molecule has 0 bridgehead atoms. The fourth-order valence-electron chi connectivity index (χ4n) is 4.34. The standard InChI is InChI=1S/C29H25ClN2O5/c1-35-26-15-20-13-14-32(17-21(20)16-27(26)36-2)29(34)25-12-11-24(37-25)18-5-9-23(10-6-18)31-28(33)19-3-7-22(30)8-4-19/h3-12,15-16H,13-14,17H2,1-2H3,(H,31,33). The van der Waals surface area contributed by atoms with Gasteiger partial charge in [0.1, 0.15) is 5.76 Å². The number of benzene rings is 3. The normalized spacial score (nSPS) is 12.6. The number of nitrogens with zero attached hydrogens (tertiary/aromatic N) is 1. The molecule has 0 aliphatic carbocycles. The molecule has 1 aliphatic heterocycles. The fourth-order valence-corrected chi connectivity index (χ4v) is 4.47. The first-order valence-electron chi connectivity index (χ1n) is 11.8. The van der Waals surface area contributed by atoms with Crippen LogP contribution in [0.15, 0.2) is 77.2 Å². The van der Waals surface area contributed by atoms with Gasteiger partial charge in [-0.15, -0.1) is 0 Å². The Hall–Kier alpha value is -4.23. The Balaban J connectivity index is 1.26. The average Bonchev–Trinajstić information content (AvgIpc) is 3.42. The second kappa shape index (κ2) is 10.4. The summed E-state index contributed by atoms with van der Waals surface area (Å²) in [5, 5.41) is 3.43. The number of hydrogen-bond donors (Lipinski definition) is 1. The zero-order valence-corrected chi connectivity index (χ0v) is 21.2. The lowest BCUT2D eigenvalue weighted by atomic mass is 9.98. The van der Waals surface area contributed by atoms with Crippen LogP contribution in [0.3, 0.4) is 0 Å². The first-order chi connectivity index (χ1) is 17.9. The summed E-state index contributed by atoms with van der Waals surface area (Å²) in [6.07, 6.45) is 0.720. The zero-order valence-electron chi connectivity index (χ0n) is 20.4. The third-order valence-electron chi connectivity index (χ3n) is 6.36. The van der Waals surface area contributed by atoms with Gasteiger partial charge in [0, 0.05) is 34.9 Å². The summed E-state index contributed by atoms with van der Waals surface area (Å²) < 4.78 is 16.7. The van der Waals surface area contributed by atoms with Crippen molar-refractivity contribution in [1.29, 1.82) is 0 Å². The van der Waals surface area contributed by atoms with E-state index >= 15 is 0 Å². The van der Waals surface area contributed by atoms with E-state index in [-0.39, 0.29) is 17.6 Å². The molecule has 0 saturated heterocycles. The van der Waals surface area contributed by atoms with Gasteiger partial charge in [-0.05, 0) is 90.3 Å². The van der Waals surface area contributed by atoms with Crippen molar-refractivity contribution in [3.8, 4) is 22.8 Å². The molecule has 3 aromatic carbocycles. The summed E-state index contributed by atoms with van der Waals surface area (Å²) >= 11 is 5.89. The SMILES string of the molecule is COc1cc2c(cc1OC)CN(C(=O)c1ccc(-c3ccc(NC(=O)c4ccc(Cl)cc4)cc3)o1)CC2. The Kier molecular flexibility index (Phi) is 6.88. The van der Waals surface area contributed by atoms with Gasteiger partial charge in [0.25, 0.3) is 11.8 Å². The average molecular weight is 517 g/mol. The number of carbonyl (C=O) groups excluding carboxylic acids is 2. The topological polar surface area (TPSA) is 81.0 Å².